The largest absolute Gasteiger partial charge is 0.467 e. The molecule has 0 unspecified atom stereocenters. The summed E-state index contributed by atoms with van der Waals surface area (Å²) in [5.41, 5.74) is 0. The number of nitrogens with one attached hydrogen (secondary N) is 1. The molecule has 0 aromatic heterocycles. The van der Waals surface area contributed by atoms with Crippen LogP contribution < -0.4 is 5.32 Å². The Kier molecular flexibility index (Phi) is 7.63. The Bertz CT molecular complexity index is 307. The van der Waals surface area contributed by atoms with Gasteiger partial charge in [-0.1, -0.05) is 46.0 Å². The van der Waals surface area contributed by atoms with Gasteiger partial charge in [-0.15, -0.1) is 0 Å². The zero-order valence-electron chi connectivity index (χ0n) is 13.1. The van der Waals surface area contributed by atoms with Crippen LogP contribution in [0.3, 0.4) is 0 Å². The van der Waals surface area contributed by atoms with Gasteiger partial charge in [-0.3, -0.25) is 4.79 Å². The van der Waals surface area contributed by atoms with Crippen LogP contribution in [0.25, 0.3) is 0 Å². The van der Waals surface area contributed by atoms with E-state index in [1.807, 2.05) is 13.8 Å². The van der Waals surface area contributed by atoms with Crippen molar-refractivity contribution in [2.75, 3.05) is 7.11 Å². The van der Waals surface area contributed by atoms with Gasteiger partial charge >= 0.3 is 5.97 Å². The molecule has 0 heterocycles. The van der Waals surface area contributed by atoms with Crippen molar-refractivity contribution >= 4 is 11.9 Å². The average Bonchev–Trinajstić information content (AvgIpc) is 2.48. The second-order valence-corrected chi connectivity index (χ2v) is 5.84. The second kappa shape index (κ2) is 8.98. The van der Waals surface area contributed by atoms with Crippen molar-refractivity contribution in [3.8, 4) is 0 Å². The fourth-order valence-corrected chi connectivity index (χ4v) is 3.06. The van der Waals surface area contributed by atoms with Crippen LogP contribution >= 0.6 is 0 Å². The molecule has 0 aliphatic heterocycles. The molecule has 116 valence electrons. The van der Waals surface area contributed by atoms with Gasteiger partial charge in [0.05, 0.1) is 7.11 Å². The van der Waals surface area contributed by atoms with E-state index in [2.05, 4.69) is 5.32 Å². The predicted octanol–water partition coefficient (Wildman–Crippen LogP) is 3.05. The minimum absolute atomic E-state index is 0.00601. The summed E-state index contributed by atoms with van der Waals surface area (Å²) in [4.78, 5) is 24.0. The summed E-state index contributed by atoms with van der Waals surface area (Å²) >= 11 is 0. The lowest BCUT2D eigenvalue weighted by atomic mass is 9.84. The third-order valence-electron chi connectivity index (χ3n) is 4.45. The van der Waals surface area contributed by atoms with E-state index in [-0.39, 0.29) is 17.8 Å². The molecule has 1 saturated carbocycles. The molecule has 0 bridgehead atoms. The SMILES string of the molecule is CCC(CC)C(=O)N[C@@H](CC1CCCCC1)C(=O)OC. The molecule has 4 nitrogen and oxygen atoms in total. The normalized spacial score (nSPS) is 17.8. The Hall–Kier alpha value is -1.06. The van der Waals surface area contributed by atoms with Gasteiger partial charge in [-0.05, 0) is 25.2 Å². The molecule has 1 aliphatic rings. The summed E-state index contributed by atoms with van der Waals surface area (Å²) in [6.45, 7) is 4.00. The monoisotopic (exact) mass is 283 g/mol. The first kappa shape index (κ1) is 17.0. The number of methoxy groups -OCH3 is 1. The fourth-order valence-electron chi connectivity index (χ4n) is 3.06. The lowest BCUT2D eigenvalue weighted by Gasteiger charge is -2.26. The molecule has 20 heavy (non-hydrogen) atoms. The smallest absolute Gasteiger partial charge is 0.328 e. The van der Waals surface area contributed by atoms with Crippen LogP contribution in [0.5, 0.6) is 0 Å². The maximum absolute atomic E-state index is 12.2. The number of carbonyl (C=O) groups excluding carboxylic acids is 2. The highest BCUT2D eigenvalue weighted by Gasteiger charge is 2.28. The zero-order chi connectivity index (χ0) is 15.0. The molecular weight excluding hydrogens is 254 g/mol. The summed E-state index contributed by atoms with van der Waals surface area (Å²) in [6, 6.07) is -0.476. The molecule has 0 radical (unpaired) electrons. The Morgan fingerprint density at radius 3 is 2.25 bits per heavy atom. The van der Waals surface area contributed by atoms with Crippen molar-refractivity contribution in [3.05, 3.63) is 0 Å². The minimum atomic E-state index is -0.476. The van der Waals surface area contributed by atoms with E-state index >= 15 is 0 Å². The Morgan fingerprint density at radius 2 is 1.75 bits per heavy atom. The lowest BCUT2D eigenvalue weighted by Crippen LogP contribution is -2.45. The summed E-state index contributed by atoms with van der Waals surface area (Å²) < 4.78 is 4.85. The molecule has 1 amide bonds. The number of amides is 1. The fraction of sp³-hybridized carbons (Fsp3) is 0.875. The summed E-state index contributed by atoms with van der Waals surface area (Å²) in [5, 5.41) is 2.90. The molecule has 1 aliphatic carbocycles. The summed E-state index contributed by atoms with van der Waals surface area (Å²) in [7, 11) is 1.39. The standard InChI is InChI=1S/C16H29NO3/c1-4-13(5-2)15(18)17-14(16(19)20-3)11-12-9-7-6-8-10-12/h12-14H,4-11H2,1-3H3,(H,17,18)/t14-/m0/s1. The third kappa shape index (κ3) is 5.14. The maximum atomic E-state index is 12.2. The van der Waals surface area contributed by atoms with Gasteiger partial charge in [0.15, 0.2) is 0 Å². The van der Waals surface area contributed by atoms with E-state index in [4.69, 9.17) is 4.74 Å². The van der Waals surface area contributed by atoms with E-state index in [9.17, 15) is 9.59 Å². The van der Waals surface area contributed by atoms with Gasteiger partial charge in [0.1, 0.15) is 6.04 Å². The molecule has 1 atom stereocenters. The van der Waals surface area contributed by atoms with Crippen LogP contribution in [0.15, 0.2) is 0 Å². The Morgan fingerprint density at radius 1 is 1.15 bits per heavy atom. The van der Waals surface area contributed by atoms with Crippen molar-refractivity contribution in [3.63, 3.8) is 0 Å². The van der Waals surface area contributed by atoms with Crippen molar-refractivity contribution in [1.29, 1.82) is 0 Å². The van der Waals surface area contributed by atoms with E-state index in [1.165, 1.54) is 26.4 Å². The van der Waals surface area contributed by atoms with Gasteiger partial charge in [-0.2, -0.15) is 0 Å². The number of ether oxygens (including phenoxy) is 1. The molecule has 1 N–H and O–H groups in total. The van der Waals surface area contributed by atoms with Crippen LogP contribution in [0.1, 0.15) is 65.2 Å². The highest BCUT2D eigenvalue weighted by Crippen LogP contribution is 2.27. The van der Waals surface area contributed by atoms with Crippen molar-refractivity contribution in [2.45, 2.75) is 71.3 Å². The number of rotatable bonds is 7. The zero-order valence-corrected chi connectivity index (χ0v) is 13.1. The van der Waals surface area contributed by atoms with E-state index in [0.29, 0.717) is 5.92 Å². The molecule has 1 fully saturated rings. The van der Waals surface area contributed by atoms with Crippen LogP contribution in [0.2, 0.25) is 0 Å². The summed E-state index contributed by atoms with van der Waals surface area (Å²) in [5.74, 6) is 0.208. The van der Waals surface area contributed by atoms with Gasteiger partial charge in [0, 0.05) is 5.92 Å². The molecule has 0 aromatic rings. The van der Waals surface area contributed by atoms with E-state index in [0.717, 1.165) is 32.1 Å². The average molecular weight is 283 g/mol. The number of hydrogen-bond acceptors (Lipinski definition) is 3. The first-order valence-electron chi connectivity index (χ1n) is 8.00. The number of carbonyl (C=O) groups is 2. The molecule has 1 rings (SSSR count). The lowest BCUT2D eigenvalue weighted by molar-refractivity contribution is -0.146. The van der Waals surface area contributed by atoms with Crippen molar-refractivity contribution in [1.82, 2.24) is 5.32 Å². The van der Waals surface area contributed by atoms with Crippen LogP contribution in [0.4, 0.5) is 0 Å². The van der Waals surface area contributed by atoms with Gasteiger partial charge in [0.2, 0.25) is 5.91 Å². The van der Waals surface area contributed by atoms with Gasteiger partial charge in [-0.25, -0.2) is 4.79 Å². The van der Waals surface area contributed by atoms with E-state index in [1.54, 1.807) is 0 Å². The minimum Gasteiger partial charge on any atom is -0.467 e. The second-order valence-electron chi connectivity index (χ2n) is 5.84. The Labute approximate surface area is 122 Å². The molecule has 0 spiro atoms. The predicted molar refractivity (Wildman–Crippen MR) is 79.2 cm³/mol. The molecule has 0 aromatic carbocycles. The van der Waals surface area contributed by atoms with Crippen LogP contribution in [-0.4, -0.2) is 25.0 Å². The highest BCUT2D eigenvalue weighted by molar-refractivity contribution is 5.85. The third-order valence-corrected chi connectivity index (χ3v) is 4.45. The maximum Gasteiger partial charge on any atom is 0.328 e. The van der Waals surface area contributed by atoms with Crippen LogP contribution in [-0.2, 0) is 14.3 Å². The molecule has 0 saturated heterocycles. The highest BCUT2D eigenvalue weighted by atomic mass is 16.5. The van der Waals surface area contributed by atoms with Gasteiger partial charge < -0.3 is 10.1 Å². The van der Waals surface area contributed by atoms with E-state index < -0.39 is 6.04 Å². The first-order chi connectivity index (χ1) is 9.62. The molecule has 4 heteroatoms. The molecular formula is C16H29NO3. The van der Waals surface area contributed by atoms with Crippen molar-refractivity contribution in [2.24, 2.45) is 11.8 Å². The summed E-state index contributed by atoms with van der Waals surface area (Å²) in [6.07, 6.45) is 8.41. The number of hydrogen-bond donors (Lipinski definition) is 1. The first-order valence-corrected chi connectivity index (χ1v) is 8.00. The van der Waals surface area contributed by atoms with Crippen molar-refractivity contribution < 1.29 is 14.3 Å². The quantitative estimate of drug-likeness (QED) is 0.731. The Balaban J connectivity index is 2.59. The van der Waals surface area contributed by atoms with Crippen LogP contribution in [0, 0.1) is 11.8 Å². The number of esters is 1. The topological polar surface area (TPSA) is 55.4 Å². The van der Waals surface area contributed by atoms with Gasteiger partial charge in [0.25, 0.3) is 0 Å².